The molecule has 2 rings (SSSR count). The van der Waals surface area contributed by atoms with E-state index in [2.05, 4.69) is 10.1 Å². The first-order valence-corrected chi connectivity index (χ1v) is 5.80. The van der Waals surface area contributed by atoms with E-state index >= 15 is 0 Å². The maximum atomic E-state index is 9.39. The van der Waals surface area contributed by atoms with E-state index in [0.717, 1.165) is 5.56 Å². The average Bonchev–Trinajstić information content (AvgIpc) is 2.83. The van der Waals surface area contributed by atoms with Gasteiger partial charge >= 0.3 is 0 Å². The topological polar surface area (TPSA) is 126 Å². The second kappa shape index (κ2) is 5.68. The van der Waals surface area contributed by atoms with Crippen molar-refractivity contribution < 1.29 is 19.8 Å². The van der Waals surface area contributed by atoms with E-state index in [1.54, 1.807) is 6.07 Å². The highest BCUT2D eigenvalue weighted by Crippen LogP contribution is 2.26. The van der Waals surface area contributed by atoms with Gasteiger partial charge in [-0.3, -0.25) is 0 Å². The molecule has 0 spiro atoms. The van der Waals surface area contributed by atoms with Crippen LogP contribution in [-0.4, -0.2) is 32.1 Å². The third-order valence-corrected chi connectivity index (χ3v) is 2.63. The first kappa shape index (κ1) is 13.3. The molecule has 0 aliphatic rings. The fourth-order valence-corrected chi connectivity index (χ4v) is 1.66. The Morgan fingerprint density at radius 3 is 2.74 bits per heavy atom. The minimum absolute atomic E-state index is 0.0555. The lowest BCUT2D eigenvalue weighted by Crippen LogP contribution is -2.14. The standard InChI is InChI=1S/C12H15N3O4/c13-8(12-14-11(3-4-16)15-19-12)5-7-1-2-9(17)10(18)6-7/h1-2,6,8,16-18H,3-5,13H2. The summed E-state index contributed by atoms with van der Waals surface area (Å²) < 4.78 is 5.00. The van der Waals surface area contributed by atoms with Crippen LogP contribution in [0.15, 0.2) is 22.7 Å². The molecule has 5 N–H and O–H groups in total. The molecular formula is C12H15N3O4. The van der Waals surface area contributed by atoms with Crippen LogP contribution in [0.25, 0.3) is 0 Å². The van der Waals surface area contributed by atoms with Crippen molar-refractivity contribution in [3.8, 4) is 11.5 Å². The number of aromatic hydroxyl groups is 2. The lowest BCUT2D eigenvalue weighted by molar-refractivity contribution is 0.292. The van der Waals surface area contributed by atoms with Crippen LogP contribution < -0.4 is 5.73 Å². The van der Waals surface area contributed by atoms with E-state index in [4.69, 9.17) is 15.4 Å². The number of phenols is 2. The number of phenolic OH excluding ortho intramolecular Hbond substituents is 2. The number of aliphatic hydroxyl groups is 1. The number of rotatable bonds is 5. The van der Waals surface area contributed by atoms with Crippen molar-refractivity contribution in [2.45, 2.75) is 18.9 Å². The van der Waals surface area contributed by atoms with Gasteiger partial charge in [-0.25, -0.2) is 0 Å². The van der Waals surface area contributed by atoms with Crippen LogP contribution in [0.1, 0.15) is 23.3 Å². The highest BCUT2D eigenvalue weighted by Gasteiger charge is 2.15. The fourth-order valence-electron chi connectivity index (χ4n) is 1.66. The Labute approximate surface area is 109 Å². The summed E-state index contributed by atoms with van der Waals surface area (Å²) in [6.07, 6.45) is 0.699. The maximum Gasteiger partial charge on any atom is 0.243 e. The summed E-state index contributed by atoms with van der Waals surface area (Å²) in [5, 5.41) is 31.0. The van der Waals surface area contributed by atoms with Crippen LogP contribution >= 0.6 is 0 Å². The van der Waals surface area contributed by atoms with E-state index in [-0.39, 0.29) is 24.0 Å². The Morgan fingerprint density at radius 2 is 2.05 bits per heavy atom. The molecule has 2 aromatic rings. The maximum absolute atomic E-state index is 9.39. The minimum atomic E-state index is -0.510. The van der Waals surface area contributed by atoms with Crippen molar-refractivity contribution in [3.05, 3.63) is 35.5 Å². The monoisotopic (exact) mass is 265 g/mol. The Kier molecular flexibility index (Phi) is 3.98. The largest absolute Gasteiger partial charge is 0.504 e. The van der Waals surface area contributed by atoms with Gasteiger partial charge in [0.15, 0.2) is 17.3 Å². The fraction of sp³-hybridized carbons (Fsp3) is 0.333. The minimum Gasteiger partial charge on any atom is -0.504 e. The third kappa shape index (κ3) is 3.21. The summed E-state index contributed by atoms with van der Waals surface area (Å²) in [4.78, 5) is 4.06. The van der Waals surface area contributed by atoms with Gasteiger partial charge in [-0.15, -0.1) is 0 Å². The molecule has 102 valence electrons. The number of nitrogens with two attached hydrogens (primary N) is 1. The highest BCUT2D eigenvalue weighted by molar-refractivity contribution is 5.40. The normalized spacial score (nSPS) is 12.5. The quantitative estimate of drug-likeness (QED) is 0.571. The molecule has 0 bridgehead atoms. The molecule has 0 fully saturated rings. The summed E-state index contributed by atoms with van der Waals surface area (Å²) >= 11 is 0. The molecule has 0 aliphatic heterocycles. The van der Waals surface area contributed by atoms with E-state index in [0.29, 0.717) is 18.7 Å². The van der Waals surface area contributed by atoms with Crippen molar-refractivity contribution in [2.75, 3.05) is 6.61 Å². The van der Waals surface area contributed by atoms with Gasteiger partial charge in [-0.1, -0.05) is 11.2 Å². The number of aliphatic hydroxyl groups excluding tert-OH is 1. The predicted molar refractivity (Wildman–Crippen MR) is 65.5 cm³/mol. The number of hydrogen-bond donors (Lipinski definition) is 4. The average molecular weight is 265 g/mol. The van der Waals surface area contributed by atoms with Crippen molar-refractivity contribution >= 4 is 0 Å². The molecule has 0 aliphatic carbocycles. The highest BCUT2D eigenvalue weighted by atomic mass is 16.5. The van der Waals surface area contributed by atoms with Gasteiger partial charge in [0, 0.05) is 6.42 Å². The molecule has 0 radical (unpaired) electrons. The summed E-state index contributed by atoms with van der Waals surface area (Å²) in [5.74, 6) is 0.300. The number of hydrogen-bond acceptors (Lipinski definition) is 7. The van der Waals surface area contributed by atoms with Gasteiger partial charge in [0.1, 0.15) is 0 Å². The van der Waals surface area contributed by atoms with Gasteiger partial charge in [-0.05, 0) is 24.1 Å². The zero-order valence-corrected chi connectivity index (χ0v) is 10.2. The van der Waals surface area contributed by atoms with Crippen LogP contribution in [0, 0.1) is 0 Å². The van der Waals surface area contributed by atoms with Crippen molar-refractivity contribution in [1.29, 1.82) is 0 Å². The lowest BCUT2D eigenvalue weighted by Gasteiger charge is -2.07. The molecule has 0 saturated carbocycles. The summed E-state index contributed by atoms with van der Waals surface area (Å²) in [7, 11) is 0. The molecule has 7 nitrogen and oxygen atoms in total. The molecular weight excluding hydrogens is 250 g/mol. The molecule has 0 amide bonds. The third-order valence-electron chi connectivity index (χ3n) is 2.63. The van der Waals surface area contributed by atoms with Gasteiger partial charge in [0.05, 0.1) is 12.6 Å². The van der Waals surface area contributed by atoms with E-state index in [9.17, 15) is 10.2 Å². The zero-order valence-electron chi connectivity index (χ0n) is 10.2. The molecule has 1 unspecified atom stereocenters. The molecule has 7 heteroatoms. The Hall–Kier alpha value is -2.12. The Balaban J connectivity index is 2.06. The lowest BCUT2D eigenvalue weighted by atomic mass is 10.1. The number of nitrogens with zero attached hydrogens (tertiary/aromatic N) is 2. The first-order valence-electron chi connectivity index (χ1n) is 5.80. The molecule has 1 atom stereocenters. The molecule has 0 saturated heterocycles. The zero-order chi connectivity index (χ0) is 13.8. The summed E-state index contributed by atoms with van der Waals surface area (Å²) in [5.41, 5.74) is 6.66. The van der Waals surface area contributed by atoms with Crippen LogP contribution in [0.4, 0.5) is 0 Å². The number of benzene rings is 1. The second-order valence-corrected chi connectivity index (χ2v) is 4.16. The first-order chi connectivity index (χ1) is 9.10. The molecule has 1 aromatic heterocycles. The molecule has 1 aromatic carbocycles. The Bertz CT molecular complexity index is 556. The molecule has 19 heavy (non-hydrogen) atoms. The van der Waals surface area contributed by atoms with Gasteiger partial charge in [-0.2, -0.15) is 4.98 Å². The van der Waals surface area contributed by atoms with Crippen LogP contribution in [-0.2, 0) is 12.8 Å². The van der Waals surface area contributed by atoms with Crippen LogP contribution in [0.3, 0.4) is 0 Å². The van der Waals surface area contributed by atoms with Crippen molar-refractivity contribution in [1.82, 2.24) is 10.1 Å². The van der Waals surface area contributed by atoms with Gasteiger partial charge in [0.25, 0.3) is 0 Å². The van der Waals surface area contributed by atoms with Gasteiger partial charge < -0.3 is 25.6 Å². The number of aromatic nitrogens is 2. The van der Waals surface area contributed by atoms with E-state index in [1.807, 2.05) is 0 Å². The van der Waals surface area contributed by atoms with E-state index < -0.39 is 6.04 Å². The predicted octanol–water partition coefficient (Wildman–Crippen LogP) is 0.258. The summed E-state index contributed by atoms with van der Waals surface area (Å²) in [6.45, 7) is -0.0555. The van der Waals surface area contributed by atoms with Crippen molar-refractivity contribution in [2.24, 2.45) is 5.73 Å². The van der Waals surface area contributed by atoms with E-state index in [1.165, 1.54) is 12.1 Å². The SMILES string of the molecule is NC(Cc1ccc(O)c(O)c1)c1nc(CCO)no1. The van der Waals surface area contributed by atoms with Crippen molar-refractivity contribution in [3.63, 3.8) is 0 Å². The summed E-state index contributed by atoms with van der Waals surface area (Å²) in [6, 6.07) is 3.96. The van der Waals surface area contributed by atoms with Crippen LogP contribution in [0.2, 0.25) is 0 Å². The van der Waals surface area contributed by atoms with Crippen LogP contribution in [0.5, 0.6) is 11.5 Å². The Morgan fingerprint density at radius 1 is 1.26 bits per heavy atom. The molecule has 1 heterocycles. The van der Waals surface area contributed by atoms with Gasteiger partial charge in [0.2, 0.25) is 5.89 Å². The second-order valence-electron chi connectivity index (χ2n) is 4.16. The smallest absolute Gasteiger partial charge is 0.243 e.